The number of thiophene rings is 1. The minimum Gasteiger partial charge on any atom is -0.443 e. The van der Waals surface area contributed by atoms with Gasteiger partial charge in [0.25, 0.3) is 0 Å². The molecule has 0 aliphatic carbocycles. The fourth-order valence-electron chi connectivity index (χ4n) is 2.13. The molecule has 0 saturated carbocycles. The smallest absolute Gasteiger partial charge is 0.236 e. The van der Waals surface area contributed by atoms with Crippen LogP contribution in [0, 0.1) is 6.92 Å². The molecule has 0 spiro atoms. The van der Waals surface area contributed by atoms with E-state index in [1.165, 1.54) is 0 Å². The van der Waals surface area contributed by atoms with Gasteiger partial charge in [-0.05, 0) is 18.4 Å². The molecule has 3 rings (SSSR count). The fraction of sp³-hybridized carbons (Fsp3) is 0.312. The Morgan fingerprint density at radius 3 is 2.88 bits per heavy atom. The largest absolute Gasteiger partial charge is 0.443 e. The van der Waals surface area contributed by atoms with E-state index in [4.69, 9.17) is 4.42 Å². The number of thiazole rings is 1. The summed E-state index contributed by atoms with van der Waals surface area (Å²) >= 11 is 3.29. The summed E-state index contributed by atoms with van der Waals surface area (Å²) in [5.41, 5.74) is 1.95. The van der Waals surface area contributed by atoms with Crippen molar-refractivity contribution in [3.05, 3.63) is 45.6 Å². The van der Waals surface area contributed by atoms with Crippen LogP contribution in [0.4, 0.5) is 0 Å². The van der Waals surface area contributed by atoms with Crippen LogP contribution in [0.25, 0.3) is 10.8 Å². The van der Waals surface area contributed by atoms with Crippen molar-refractivity contribution in [2.45, 2.75) is 19.9 Å². The van der Waals surface area contributed by atoms with Gasteiger partial charge in [-0.15, -0.1) is 22.7 Å². The maximum Gasteiger partial charge on any atom is 0.236 e. The Morgan fingerprint density at radius 1 is 1.25 bits per heavy atom. The van der Waals surface area contributed by atoms with Gasteiger partial charge < -0.3 is 15.1 Å². The Labute approximate surface area is 148 Å². The van der Waals surface area contributed by atoms with Crippen LogP contribution in [0.3, 0.4) is 0 Å². The number of nitrogens with one attached hydrogen (secondary N) is 2. The Morgan fingerprint density at radius 2 is 2.17 bits per heavy atom. The molecule has 0 aliphatic rings. The summed E-state index contributed by atoms with van der Waals surface area (Å²) < 4.78 is 5.51. The van der Waals surface area contributed by atoms with Gasteiger partial charge in [0, 0.05) is 25.4 Å². The highest BCUT2D eigenvalue weighted by Gasteiger charge is 2.08. The van der Waals surface area contributed by atoms with Crippen molar-refractivity contribution in [3.8, 4) is 10.8 Å². The lowest BCUT2D eigenvalue weighted by Crippen LogP contribution is -2.37. The Bertz CT molecular complexity index is 791. The van der Waals surface area contributed by atoms with Gasteiger partial charge in [-0.3, -0.25) is 4.99 Å². The number of rotatable bonds is 6. The van der Waals surface area contributed by atoms with Crippen LogP contribution in [0.1, 0.15) is 16.4 Å². The van der Waals surface area contributed by atoms with Gasteiger partial charge >= 0.3 is 0 Å². The average Bonchev–Trinajstić information content (AvgIpc) is 3.32. The van der Waals surface area contributed by atoms with E-state index in [9.17, 15) is 0 Å². The number of guanidine groups is 1. The number of aromatic nitrogens is 2. The Kier molecular flexibility index (Phi) is 5.60. The van der Waals surface area contributed by atoms with Crippen LogP contribution in [0.5, 0.6) is 0 Å². The molecule has 0 amide bonds. The molecule has 2 N–H and O–H groups in total. The third kappa shape index (κ3) is 4.42. The third-order valence-electron chi connectivity index (χ3n) is 3.28. The molecule has 126 valence electrons. The SMILES string of the molecule is CN=C(NCCc1csc(C)n1)NCc1coc(-c2cccs2)n1. The maximum atomic E-state index is 5.51. The van der Waals surface area contributed by atoms with Gasteiger partial charge in [-0.25, -0.2) is 9.97 Å². The molecule has 0 radical (unpaired) electrons. The van der Waals surface area contributed by atoms with E-state index in [1.807, 2.05) is 24.4 Å². The summed E-state index contributed by atoms with van der Waals surface area (Å²) in [4.78, 5) is 14.2. The Balaban J connectivity index is 1.46. The topological polar surface area (TPSA) is 75.3 Å². The molecule has 0 aliphatic heterocycles. The summed E-state index contributed by atoms with van der Waals surface area (Å²) in [6.07, 6.45) is 2.55. The first-order valence-electron chi connectivity index (χ1n) is 7.58. The van der Waals surface area contributed by atoms with E-state index >= 15 is 0 Å². The second-order valence-electron chi connectivity index (χ2n) is 5.08. The quantitative estimate of drug-likeness (QED) is 0.521. The highest BCUT2D eigenvalue weighted by atomic mass is 32.1. The first-order valence-corrected chi connectivity index (χ1v) is 9.34. The van der Waals surface area contributed by atoms with Crippen molar-refractivity contribution < 1.29 is 4.42 Å². The van der Waals surface area contributed by atoms with Gasteiger partial charge in [0.05, 0.1) is 27.8 Å². The molecule has 24 heavy (non-hydrogen) atoms. The van der Waals surface area contributed by atoms with E-state index < -0.39 is 0 Å². The maximum absolute atomic E-state index is 5.51. The van der Waals surface area contributed by atoms with Crippen LogP contribution >= 0.6 is 22.7 Å². The number of nitrogens with zero attached hydrogens (tertiary/aromatic N) is 3. The lowest BCUT2D eigenvalue weighted by Gasteiger charge is -2.09. The van der Waals surface area contributed by atoms with E-state index in [-0.39, 0.29) is 0 Å². The number of hydrogen-bond acceptors (Lipinski definition) is 6. The van der Waals surface area contributed by atoms with Crippen LogP contribution < -0.4 is 10.6 Å². The minimum atomic E-state index is 0.560. The van der Waals surface area contributed by atoms with Crippen molar-refractivity contribution in [1.82, 2.24) is 20.6 Å². The molecule has 0 atom stereocenters. The zero-order valence-corrected chi connectivity index (χ0v) is 15.2. The molecule has 0 saturated heterocycles. The van der Waals surface area contributed by atoms with Gasteiger partial charge in [-0.2, -0.15) is 0 Å². The standard InChI is InChI=1S/C16H19N5OS2/c1-11-20-12(10-24-11)5-6-18-16(17-2)19-8-13-9-22-15(21-13)14-4-3-7-23-14/h3-4,7,9-10H,5-6,8H2,1-2H3,(H2,17,18,19). The molecule has 8 heteroatoms. The molecular weight excluding hydrogens is 342 g/mol. The van der Waals surface area contributed by atoms with Crippen LogP contribution in [-0.4, -0.2) is 29.5 Å². The van der Waals surface area contributed by atoms with Crippen LogP contribution in [0.2, 0.25) is 0 Å². The number of hydrogen-bond donors (Lipinski definition) is 2. The van der Waals surface area contributed by atoms with Gasteiger partial charge in [0.15, 0.2) is 5.96 Å². The molecule has 3 aromatic heterocycles. The summed E-state index contributed by atoms with van der Waals surface area (Å²) in [5.74, 6) is 1.39. The normalized spacial score (nSPS) is 11.7. The zero-order valence-electron chi connectivity index (χ0n) is 13.6. The lowest BCUT2D eigenvalue weighted by molar-refractivity contribution is 0.573. The fourth-order valence-corrected chi connectivity index (χ4v) is 3.43. The highest BCUT2D eigenvalue weighted by Crippen LogP contribution is 2.23. The highest BCUT2D eigenvalue weighted by molar-refractivity contribution is 7.13. The van der Waals surface area contributed by atoms with Gasteiger partial charge in [0.2, 0.25) is 5.89 Å². The average molecular weight is 361 g/mol. The molecule has 0 bridgehead atoms. The van der Waals surface area contributed by atoms with Crippen molar-refractivity contribution in [2.75, 3.05) is 13.6 Å². The van der Waals surface area contributed by atoms with Crippen LogP contribution in [-0.2, 0) is 13.0 Å². The zero-order chi connectivity index (χ0) is 16.8. The van der Waals surface area contributed by atoms with Crippen molar-refractivity contribution in [2.24, 2.45) is 4.99 Å². The Hall–Kier alpha value is -2.19. The van der Waals surface area contributed by atoms with E-state index in [0.717, 1.165) is 40.2 Å². The first-order chi connectivity index (χ1) is 11.7. The van der Waals surface area contributed by atoms with Gasteiger partial charge in [-0.1, -0.05) is 6.07 Å². The molecule has 0 fully saturated rings. The summed E-state index contributed by atoms with van der Waals surface area (Å²) in [6, 6.07) is 3.98. The van der Waals surface area contributed by atoms with Crippen molar-refractivity contribution >= 4 is 28.6 Å². The van der Waals surface area contributed by atoms with Crippen molar-refractivity contribution in [3.63, 3.8) is 0 Å². The van der Waals surface area contributed by atoms with Crippen molar-refractivity contribution in [1.29, 1.82) is 0 Å². The second kappa shape index (κ2) is 8.07. The third-order valence-corrected chi connectivity index (χ3v) is 4.96. The predicted molar refractivity (Wildman–Crippen MR) is 98.6 cm³/mol. The number of aliphatic imine (C=N–C) groups is 1. The lowest BCUT2D eigenvalue weighted by atomic mass is 10.3. The molecule has 0 aromatic carbocycles. The van der Waals surface area contributed by atoms with E-state index in [1.54, 1.807) is 36.0 Å². The van der Waals surface area contributed by atoms with E-state index in [2.05, 4.69) is 31.0 Å². The molecule has 3 heterocycles. The molecular formula is C16H19N5OS2. The van der Waals surface area contributed by atoms with Gasteiger partial charge in [0.1, 0.15) is 6.26 Å². The summed E-state index contributed by atoms with van der Waals surface area (Å²) in [5, 5.41) is 11.7. The number of oxazole rings is 1. The number of aryl methyl sites for hydroxylation is 1. The van der Waals surface area contributed by atoms with Crippen LogP contribution in [0.15, 0.2) is 38.6 Å². The van der Waals surface area contributed by atoms with E-state index in [0.29, 0.717) is 12.4 Å². The summed E-state index contributed by atoms with van der Waals surface area (Å²) in [6.45, 7) is 3.36. The molecule has 6 nitrogen and oxygen atoms in total. The first kappa shape index (κ1) is 16.7. The minimum absolute atomic E-state index is 0.560. The monoisotopic (exact) mass is 361 g/mol. The summed E-state index contributed by atoms with van der Waals surface area (Å²) in [7, 11) is 1.75. The second-order valence-corrected chi connectivity index (χ2v) is 7.09. The molecule has 0 unspecified atom stereocenters. The molecule has 3 aromatic rings. The predicted octanol–water partition coefficient (Wildman–Crippen LogP) is 3.08.